The molecule has 1 heterocycles. The standard InChI is InChI=1S/C15H28N2O.ClH/c1-4-17(10-11(2)3)15(18)14-9-12-7-5-6-8-13(12)16-14;/h11-14,16H,4-10H2,1-3H3;1H. The molecule has 19 heavy (non-hydrogen) atoms. The first-order valence-electron chi connectivity index (χ1n) is 7.66. The molecule has 4 heteroatoms. The number of carbonyl (C=O) groups is 1. The molecule has 1 saturated carbocycles. The van der Waals surface area contributed by atoms with Gasteiger partial charge in [0.1, 0.15) is 0 Å². The molecule has 0 bridgehead atoms. The van der Waals surface area contributed by atoms with E-state index in [4.69, 9.17) is 0 Å². The highest BCUT2D eigenvalue weighted by Crippen LogP contribution is 2.33. The van der Waals surface area contributed by atoms with Crippen molar-refractivity contribution in [1.29, 1.82) is 0 Å². The Kier molecular flexibility index (Phi) is 6.61. The van der Waals surface area contributed by atoms with Crippen LogP contribution < -0.4 is 5.32 Å². The zero-order valence-corrected chi connectivity index (χ0v) is 13.3. The number of amides is 1. The molecule has 1 saturated heterocycles. The quantitative estimate of drug-likeness (QED) is 0.863. The van der Waals surface area contributed by atoms with Crippen molar-refractivity contribution in [2.75, 3.05) is 13.1 Å². The van der Waals surface area contributed by atoms with E-state index < -0.39 is 0 Å². The van der Waals surface area contributed by atoms with Crippen LogP contribution in [0.3, 0.4) is 0 Å². The van der Waals surface area contributed by atoms with E-state index in [-0.39, 0.29) is 18.4 Å². The molecule has 0 spiro atoms. The second kappa shape index (κ2) is 7.49. The summed E-state index contributed by atoms with van der Waals surface area (Å²) in [6.45, 7) is 8.17. The fourth-order valence-corrected chi connectivity index (χ4v) is 3.55. The number of likely N-dealkylation sites (N-methyl/N-ethyl adjacent to an activating group) is 1. The van der Waals surface area contributed by atoms with Gasteiger partial charge < -0.3 is 10.2 Å². The van der Waals surface area contributed by atoms with Gasteiger partial charge >= 0.3 is 0 Å². The average Bonchev–Trinajstić information content (AvgIpc) is 2.78. The number of fused-ring (bicyclic) bond motifs is 1. The molecule has 3 unspecified atom stereocenters. The van der Waals surface area contributed by atoms with Crippen molar-refractivity contribution in [2.24, 2.45) is 11.8 Å². The minimum absolute atomic E-state index is 0. The predicted octanol–water partition coefficient (Wildman–Crippen LogP) is 2.83. The van der Waals surface area contributed by atoms with Crippen molar-refractivity contribution < 1.29 is 4.79 Å². The normalized spacial score (nSPS) is 29.8. The van der Waals surface area contributed by atoms with Crippen LogP contribution in [0.15, 0.2) is 0 Å². The number of hydrogen-bond donors (Lipinski definition) is 1. The molecule has 0 radical (unpaired) electrons. The highest BCUT2D eigenvalue weighted by atomic mass is 35.5. The number of carbonyl (C=O) groups excluding carboxylic acids is 1. The smallest absolute Gasteiger partial charge is 0.239 e. The molecule has 2 aliphatic rings. The number of nitrogens with zero attached hydrogens (tertiary/aromatic N) is 1. The fraction of sp³-hybridized carbons (Fsp3) is 0.933. The summed E-state index contributed by atoms with van der Waals surface area (Å²) in [5, 5.41) is 3.59. The maximum absolute atomic E-state index is 12.5. The van der Waals surface area contributed by atoms with Crippen LogP contribution in [-0.2, 0) is 4.79 Å². The van der Waals surface area contributed by atoms with Crippen molar-refractivity contribution in [3.63, 3.8) is 0 Å². The molecule has 1 N–H and O–H groups in total. The van der Waals surface area contributed by atoms with Crippen molar-refractivity contribution in [2.45, 2.75) is 65.0 Å². The maximum Gasteiger partial charge on any atom is 0.239 e. The Morgan fingerprint density at radius 1 is 1.32 bits per heavy atom. The number of hydrogen-bond acceptors (Lipinski definition) is 2. The largest absolute Gasteiger partial charge is 0.341 e. The molecule has 3 nitrogen and oxygen atoms in total. The Hall–Kier alpha value is -0.280. The van der Waals surface area contributed by atoms with E-state index >= 15 is 0 Å². The molecule has 1 amide bonds. The van der Waals surface area contributed by atoms with Crippen molar-refractivity contribution in [3.8, 4) is 0 Å². The van der Waals surface area contributed by atoms with Gasteiger partial charge in [0.15, 0.2) is 0 Å². The zero-order chi connectivity index (χ0) is 13.1. The molecule has 2 rings (SSSR count). The van der Waals surface area contributed by atoms with Gasteiger partial charge in [-0.25, -0.2) is 0 Å². The summed E-state index contributed by atoms with van der Waals surface area (Å²) in [5.74, 6) is 1.64. The molecule has 1 aliphatic carbocycles. The molecule has 0 aromatic heterocycles. The number of nitrogens with one attached hydrogen (secondary N) is 1. The molecule has 3 atom stereocenters. The summed E-state index contributed by atoms with van der Waals surface area (Å²) in [7, 11) is 0. The van der Waals surface area contributed by atoms with Crippen LogP contribution >= 0.6 is 12.4 Å². The van der Waals surface area contributed by atoms with E-state index in [2.05, 4.69) is 26.1 Å². The van der Waals surface area contributed by atoms with Crippen LogP contribution in [0.5, 0.6) is 0 Å². The summed E-state index contributed by atoms with van der Waals surface area (Å²) in [4.78, 5) is 14.5. The van der Waals surface area contributed by atoms with E-state index in [9.17, 15) is 4.79 Å². The molecule has 112 valence electrons. The van der Waals surface area contributed by atoms with Gasteiger partial charge in [-0.1, -0.05) is 26.7 Å². The maximum atomic E-state index is 12.5. The molecule has 0 aromatic carbocycles. The second-order valence-electron chi connectivity index (χ2n) is 6.38. The van der Waals surface area contributed by atoms with Crippen molar-refractivity contribution in [1.82, 2.24) is 10.2 Å². The summed E-state index contributed by atoms with van der Waals surface area (Å²) >= 11 is 0. The third-order valence-corrected chi connectivity index (χ3v) is 4.44. The second-order valence-corrected chi connectivity index (χ2v) is 6.38. The highest BCUT2D eigenvalue weighted by molar-refractivity contribution is 5.85. The van der Waals surface area contributed by atoms with Gasteiger partial charge in [0.2, 0.25) is 5.91 Å². The lowest BCUT2D eigenvalue weighted by Gasteiger charge is -2.26. The predicted molar refractivity (Wildman–Crippen MR) is 81.6 cm³/mol. The van der Waals surface area contributed by atoms with E-state index in [1.807, 2.05) is 4.90 Å². The zero-order valence-electron chi connectivity index (χ0n) is 12.5. The monoisotopic (exact) mass is 288 g/mol. The van der Waals surface area contributed by atoms with Crippen LogP contribution in [0.4, 0.5) is 0 Å². The minimum atomic E-state index is 0. The first-order valence-corrected chi connectivity index (χ1v) is 7.66. The van der Waals surface area contributed by atoms with Gasteiger partial charge in [0.25, 0.3) is 0 Å². The van der Waals surface area contributed by atoms with E-state index in [0.717, 1.165) is 25.4 Å². The van der Waals surface area contributed by atoms with Crippen molar-refractivity contribution in [3.05, 3.63) is 0 Å². The molecule has 1 aliphatic heterocycles. The molecule has 0 aromatic rings. The third kappa shape index (κ3) is 4.09. The number of rotatable bonds is 4. The summed E-state index contributed by atoms with van der Waals surface area (Å²) in [5.41, 5.74) is 0. The first kappa shape index (κ1) is 16.8. The van der Waals surface area contributed by atoms with Crippen LogP contribution in [0.25, 0.3) is 0 Å². The fourth-order valence-electron chi connectivity index (χ4n) is 3.55. The Morgan fingerprint density at radius 2 is 2.00 bits per heavy atom. The molecular weight excluding hydrogens is 260 g/mol. The lowest BCUT2D eigenvalue weighted by Crippen LogP contribution is -2.46. The highest BCUT2D eigenvalue weighted by Gasteiger charge is 2.39. The van der Waals surface area contributed by atoms with Gasteiger partial charge in [-0.2, -0.15) is 0 Å². The number of halogens is 1. The topological polar surface area (TPSA) is 32.3 Å². The van der Waals surface area contributed by atoms with Gasteiger partial charge in [0, 0.05) is 19.1 Å². The van der Waals surface area contributed by atoms with E-state index in [1.165, 1.54) is 25.7 Å². The first-order chi connectivity index (χ1) is 8.61. The summed E-state index contributed by atoms with van der Waals surface area (Å²) < 4.78 is 0. The van der Waals surface area contributed by atoms with E-state index in [0.29, 0.717) is 17.9 Å². The summed E-state index contributed by atoms with van der Waals surface area (Å²) in [6.07, 6.45) is 6.34. The Morgan fingerprint density at radius 3 is 2.58 bits per heavy atom. The Bertz CT molecular complexity index is 282. The van der Waals surface area contributed by atoms with E-state index in [1.54, 1.807) is 0 Å². The molecule has 2 fully saturated rings. The molecular formula is C15H29ClN2O. The lowest BCUT2D eigenvalue weighted by atomic mass is 9.85. The minimum Gasteiger partial charge on any atom is -0.341 e. The van der Waals surface area contributed by atoms with Gasteiger partial charge in [-0.3, -0.25) is 4.79 Å². The Labute approximate surface area is 123 Å². The van der Waals surface area contributed by atoms with Crippen LogP contribution in [0, 0.1) is 11.8 Å². The van der Waals surface area contributed by atoms with Crippen LogP contribution in [-0.4, -0.2) is 36.0 Å². The Balaban J connectivity index is 0.00000180. The van der Waals surface area contributed by atoms with Crippen LogP contribution in [0.2, 0.25) is 0 Å². The van der Waals surface area contributed by atoms with Crippen molar-refractivity contribution >= 4 is 18.3 Å². The van der Waals surface area contributed by atoms with Gasteiger partial charge in [-0.15, -0.1) is 12.4 Å². The van der Waals surface area contributed by atoms with Crippen LogP contribution in [0.1, 0.15) is 52.9 Å². The SMILES string of the molecule is CCN(CC(C)C)C(=O)C1CC2CCCCC2N1.Cl. The third-order valence-electron chi connectivity index (χ3n) is 4.44. The van der Waals surface area contributed by atoms with Gasteiger partial charge in [0.05, 0.1) is 6.04 Å². The van der Waals surface area contributed by atoms with Gasteiger partial charge in [-0.05, 0) is 38.0 Å². The lowest BCUT2D eigenvalue weighted by molar-refractivity contribution is -0.133. The summed E-state index contributed by atoms with van der Waals surface area (Å²) in [6, 6.07) is 0.710. The average molecular weight is 289 g/mol.